The summed E-state index contributed by atoms with van der Waals surface area (Å²) in [4.78, 5) is 0. The smallest absolute Gasteiger partial charge is 0.424 e. The molecule has 1 heterocycles. The molecule has 3 unspecified atom stereocenters. The molecule has 3 N–H and O–H groups in total. The van der Waals surface area contributed by atoms with Gasteiger partial charge in [0.25, 0.3) is 0 Å². The van der Waals surface area contributed by atoms with E-state index in [1.807, 2.05) is 19.9 Å². The van der Waals surface area contributed by atoms with Crippen molar-refractivity contribution < 1.29 is 24.6 Å². The molecule has 3 atom stereocenters. The summed E-state index contributed by atoms with van der Waals surface area (Å²) in [6.07, 6.45) is 4.10. The Kier molecular flexibility index (Phi) is 2.76. The Morgan fingerprint density at radius 2 is 2.00 bits per heavy atom. The van der Waals surface area contributed by atoms with Crippen molar-refractivity contribution in [3.8, 4) is 0 Å². The van der Waals surface area contributed by atoms with E-state index < -0.39 is 18.5 Å². The summed E-state index contributed by atoms with van der Waals surface area (Å²) in [5.74, 6) is 0.597. The summed E-state index contributed by atoms with van der Waals surface area (Å²) >= 11 is 0. The van der Waals surface area contributed by atoms with Gasteiger partial charge in [0.2, 0.25) is 0 Å². The fourth-order valence-electron chi connectivity index (χ4n) is 3.61. The molecule has 104 valence electrons. The van der Waals surface area contributed by atoms with E-state index in [9.17, 15) is 5.11 Å². The average Bonchev–Trinajstić information content (AvgIpc) is 2.86. The van der Waals surface area contributed by atoms with E-state index in [1.54, 1.807) is 0 Å². The van der Waals surface area contributed by atoms with E-state index in [1.165, 1.54) is 12.1 Å². The van der Waals surface area contributed by atoms with Gasteiger partial charge in [0.15, 0.2) is 5.79 Å². The van der Waals surface area contributed by atoms with Gasteiger partial charge in [0, 0.05) is 11.3 Å². The van der Waals surface area contributed by atoms with Crippen molar-refractivity contribution in [3.05, 3.63) is 23.7 Å². The zero-order valence-corrected chi connectivity index (χ0v) is 11.2. The summed E-state index contributed by atoms with van der Waals surface area (Å²) in [5.41, 5.74) is -0.841. The molecule has 0 aromatic rings. The summed E-state index contributed by atoms with van der Waals surface area (Å²) in [5, 5.41) is 28.8. The van der Waals surface area contributed by atoms with Gasteiger partial charge >= 0.3 is 7.12 Å². The molecular formula is C13H19BO5. The van der Waals surface area contributed by atoms with Crippen molar-refractivity contribution in [2.24, 2.45) is 11.3 Å². The summed E-state index contributed by atoms with van der Waals surface area (Å²) < 4.78 is 11.5. The molecule has 1 aliphatic heterocycles. The highest BCUT2D eigenvalue weighted by atomic mass is 16.7. The molecule has 3 rings (SSSR count). The molecule has 6 heteroatoms. The first-order chi connectivity index (χ1) is 8.84. The lowest BCUT2D eigenvalue weighted by Crippen LogP contribution is -2.48. The molecule has 1 spiro atoms. The van der Waals surface area contributed by atoms with Gasteiger partial charge in [-0.2, -0.15) is 0 Å². The first-order valence-corrected chi connectivity index (χ1v) is 6.60. The summed E-state index contributed by atoms with van der Waals surface area (Å²) in [6, 6.07) is 0. The number of rotatable bonds is 2. The van der Waals surface area contributed by atoms with E-state index in [4.69, 9.17) is 19.5 Å². The molecule has 3 aliphatic rings. The van der Waals surface area contributed by atoms with Crippen LogP contribution in [0.5, 0.6) is 0 Å². The second-order valence-corrected chi connectivity index (χ2v) is 5.96. The van der Waals surface area contributed by atoms with Crippen LogP contribution < -0.4 is 0 Å². The minimum atomic E-state index is -1.56. The molecule has 19 heavy (non-hydrogen) atoms. The lowest BCUT2D eigenvalue weighted by atomic mass is 9.71. The number of fused-ring (bicyclic) bond motifs is 2. The van der Waals surface area contributed by atoms with Crippen LogP contribution in [0, 0.1) is 11.3 Å². The minimum Gasteiger partial charge on any atom is -0.424 e. The Hall–Kier alpha value is -0.655. The molecule has 0 aromatic carbocycles. The van der Waals surface area contributed by atoms with Gasteiger partial charge < -0.3 is 24.6 Å². The third-order valence-corrected chi connectivity index (χ3v) is 4.86. The number of hydrogen-bond donors (Lipinski definition) is 3. The highest BCUT2D eigenvalue weighted by Gasteiger charge is 2.73. The Morgan fingerprint density at radius 3 is 2.58 bits per heavy atom. The van der Waals surface area contributed by atoms with E-state index in [0.717, 1.165) is 12.0 Å². The van der Waals surface area contributed by atoms with Crippen LogP contribution in [0.1, 0.15) is 20.3 Å². The van der Waals surface area contributed by atoms with Crippen molar-refractivity contribution in [2.45, 2.75) is 31.7 Å². The van der Waals surface area contributed by atoms with Crippen LogP contribution in [0.2, 0.25) is 0 Å². The van der Waals surface area contributed by atoms with E-state index in [-0.39, 0.29) is 11.3 Å². The maximum Gasteiger partial charge on any atom is 0.480 e. The van der Waals surface area contributed by atoms with Crippen molar-refractivity contribution >= 4 is 7.12 Å². The van der Waals surface area contributed by atoms with E-state index in [2.05, 4.69) is 0 Å². The lowest BCUT2D eigenvalue weighted by Gasteiger charge is -2.42. The molecule has 1 saturated carbocycles. The van der Waals surface area contributed by atoms with Gasteiger partial charge in [-0.05, 0) is 25.0 Å². The van der Waals surface area contributed by atoms with Gasteiger partial charge in [0.05, 0.1) is 13.2 Å². The van der Waals surface area contributed by atoms with Crippen LogP contribution >= 0.6 is 0 Å². The number of ether oxygens (including phenoxy) is 2. The fourth-order valence-corrected chi connectivity index (χ4v) is 3.61. The highest BCUT2D eigenvalue weighted by molar-refractivity contribution is 6.47. The largest absolute Gasteiger partial charge is 0.480 e. The lowest BCUT2D eigenvalue weighted by molar-refractivity contribution is -0.157. The molecule has 5 nitrogen and oxygen atoms in total. The molecule has 2 fully saturated rings. The summed E-state index contributed by atoms with van der Waals surface area (Å²) in [7, 11) is -1.56. The molecular weight excluding hydrogens is 247 g/mol. The van der Waals surface area contributed by atoms with Gasteiger partial charge in [-0.15, -0.1) is 0 Å². The van der Waals surface area contributed by atoms with Crippen LogP contribution in [0.4, 0.5) is 0 Å². The Labute approximate surface area is 112 Å². The van der Waals surface area contributed by atoms with Crippen LogP contribution in [0.25, 0.3) is 0 Å². The number of hydrogen-bond acceptors (Lipinski definition) is 5. The first-order valence-electron chi connectivity index (χ1n) is 6.60. The SMILES string of the molecule is CC1=CC2(OCCO2)C2CC2(C)C1(O)/C=C/B(O)O. The van der Waals surface area contributed by atoms with Gasteiger partial charge in [-0.25, -0.2) is 0 Å². The van der Waals surface area contributed by atoms with Gasteiger partial charge in [-0.3, -0.25) is 0 Å². The first kappa shape index (κ1) is 13.3. The Morgan fingerprint density at radius 1 is 1.37 bits per heavy atom. The van der Waals surface area contributed by atoms with Crippen molar-refractivity contribution in [1.82, 2.24) is 0 Å². The minimum absolute atomic E-state index is 0.0942. The molecule has 0 radical (unpaired) electrons. The Bertz CT molecular complexity index is 454. The average molecular weight is 266 g/mol. The number of aliphatic hydroxyl groups is 1. The second-order valence-electron chi connectivity index (χ2n) is 5.96. The maximum atomic E-state index is 10.9. The zero-order valence-electron chi connectivity index (χ0n) is 11.2. The Balaban J connectivity index is 2.00. The molecule has 0 amide bonds. The quantitative estimate of drug-likeness (QED) is 0.485. The standard InChI is InChI=1S/C13H19BO5/c1-9-7-13(18-5-6-19-13)10-8-11(10,2)12(9,15)3-4-14(16)17/h3-4,7,10,15-17H,5-6,8H2,1-2H3/b4-3+. The van der Waals surface area contributed by atoms with Crippen molar-refractivity contribution in [1.29, 1.82) is 0 Å². The molecule has 2 aliphatic carbocycles. The van der Waals surface area contributed by atoms with Crippen molar-refractivity contribution in [3.63, 3.8) is 0 Å². The van der Waals surface area contributed by atoms with Crippen LogP contribution in [0.3, 0.4) is 0 Å². The van der Waals surface area contributed by atoms with Crippen LogP contribution in [0.15, 0.2) is 23.7 Å². The molecule has 1 saturated heterocycles. The predicted molar refractivity (Wildman–Crippen MR) is 68.9 cm³/mol. The fraction of sp³-hybridized carbons (Fsp3) is 0.692. The van der Waals surface area contributed by atoms with Crippen LogP contribution in [-0.4, -0.2) is 46.9 Å². The normalized spacial score (nSPS) is 43.4. The third-order valence-electron chi connectivity index (χ3n) is 4.86. The topological polar surface area (TPSA) is 79.2 Å². The van der Waals surface area contributed by atoms with Gasteiger partial charge in [-0.1, -0.05) is 19.0 Å². The van der Waals surface area contributed by atoms with E-state index >= 15 is 0 Å². The van der Waals surface area contributed by atoms with E-state index in [0.29, 0.717) is 13.2 Å². The predicted octanol–water partition coefficient (Wildman–Crippen LogP) is 0.0149. The third kappa shape index (κ3) is 1.68. The molecule has 0 bridgehead atoms. The van der Waals surface area contributed by atoms with Crippen LogP contribution in [-0.2, 0) is 9.47 Å². The second kappa shape index (κ2) is 3.93. The molecule has 0 aromatic heterocycles. The van der Waals surface area contributed by atoms with Crippen molar-refractivity contribution in [2.75, 3.05) is 13.2 Å². The maximum absolute atomic E-state index is 10.9. The monoisotopic (exact) mass is 266 g/mol. The zero-order chi connectivity index (χ0) is 13.9. The van der Waals surface area contributed by atoms with Gasteiger partial charge in [0.1, 0.15) is 5.60 Å². The highest BCUT2D eigenvalue weighted by Crippen LogP contribution is 2.70. The summed E-state index contributed by atoms with van der Waals surface area (Å²) in [6.45, 7) is 4.94.